The Morgan fingerprint density at radius 2 is 1.85 bits per heavy atom. The highest BCUT2D eigenvalue weighted by Crippen LogP contribution is 2.19. The van der Waals surface area contributed by atoms with Crippen molar-refractivity contribution in [2.45, 2.75) is 6.42 Å². The van der Waals surface area contributed by atoms with Gasteiger partial charge in [-0.25, -0.2) is 4.98 Å². The summed E-state index contributed by atoms with van der Waals surface area (Å²) >= 11 is 5.88. The number of rotatable bonds is 6. The summed E-state index contributed by atoms with van der Waals surface area (Å²) in [7, 11) is 3.15. The molecule has 0 aliphatic rings. The molecule has 0 aliphatic carbocycles. The minimum Gasteiger partial charge on any atom is -0.497 e. The molecule has 0 N–H and O–H groups in total. The molecule has 1 aromatic heterocycles. The molecule has 0 saturated heterocycles. The van der Waals surface area contributed by atoms with Gasteiger partial charge in [-0.1, -0.05) is 17.7 Å². The molecule has 5 nitrogen and oxygen atoms in total. The minimum absolute atomic E-state index is 0.355. The van der Waals surface area contributed by atoms with Gasteiger partial charge in [0, 0.05) is 18.6 Å². The number of hydrogen-bond donors (Lipinski definition) is 0. The normalized spacial score (nSPS) is 10.2. The van der Waals surface area contributed by atoms with Crippen molar-refractivity contribution in [3.63, 3.8) is 0 Å². The maximum atomic E-state index is 5.88. The lowest BCUT2D eigenvalue weighted by atomic mass is 10.3. The standard InChI is InChI=1S/C14H15ClN2O3/c1-18-10-4-3-5-11(8-10)20-7-6-13-16-12(15)9-14(17-13)19-2/h3-5,8-9H,6-7H2,1-2H3. The smallest absolute Gasteiger partial charge is 0.217 e. The maximum absolute atomic E-state index is 5.88. The number of benzene rings is 1. The molecule has 0 atom stereocenters. The van der Waals surface area contributed by atoms with E-state index in [1.807, 2.05) is 24.3 Å². The fourth-order valence-corrected chi connectivity index (χ4v) is 1.80. The topological polar surface area (TPSA) is 53.5 Å². The van der Waals surface area contributed by atoms with Gasteiger partial charge in [0.1, 0.15) is 22.5 Å². The summed E-state index contributed by atoms with van der Waals surface area (Å²) < 4.78 is 15.8. The van der Waals surface area contributed by atoms with Gasteiger partial charge in [-0.05, 0) is 12.1 Å². The summed E-state index contributed by atoms with van der Waals surface area (Å²) in [6.07, 6.45) is 0.536. The fourth-order valence-electron chi connectivity index (χ4n) is 1.61. The summed E-state index contributed by atoms with van der Waals surface area (Å²) in [5, 5.41) is 0.355. The lowest BCUT2D eigenvalue weighted by Gasteiger charge is -2.08. The highest BCUT2D eigenvalue weighted by atomic mass is 35.5. The second-order valence-corrected chi connectivity index (χ2v) is 4.31. The monoisotopic (exact) mass is 294 g/mol. The van der Waals surface area contributed by atoms with Crippen LogP contribution in [0.15, 0.2) is 30.3 Å². The molecule has 106 valence electrons. The molecular formula is C14H15ClN2O3. The van der Waals surface area contributed by atoms with Crippen molar-refractivity contribution in [1.29, 1.82) is 0 Å². The van der Waals surface area contributed by atoms with Crippen LogP contribution in [-0.2, 0) is 6.42 Å². The third-order valence-corrected chi connectivity index (χ3v) is 2.76. The van der Waals surface area contributed by atoms with Gasteiger partial charge in [0.2, 0.25) is 5.88 Å². The molecule has 2 rings (SSSR count). The number of nitrogens with zero attached hydrogens (tertiary/aromatic N) is 2. The Hall–Kier alpha value is -2.01. The Morgan fingerprint density at radius 1 is 1.05 bits per heavy atom. The number of hydrogen-bond acceptors (Lipinski definition) is 5. The van der Waals surface area contributed by atoms with Gasteiger partial charge in [0.15, 0.2) is 0 Å². The van der Waals surface area contributed by atoms with E-state index in [0.717, 1.165) is 11.5 Å². The first kappa shape index (κ1) is 14.4. The zero-order valence-corrected chi connectivity index (χ0v) is 12.1. The van der Waals surface area contributed by atoms with Crippen LogP contribution in [0.3, 0.4) is 0 Å². The molecule has 0 unspecified atom stereocenters. The van der Waals surface area contributed by atoms with E-state index < -0.39 is 0 Å². The molecule has 0 saturated carbocycles. The molecule has 1 heterocycles. The Labute approximate surface area is 122 Å². The lowest BCUT2D eigenvalue weighted by Crippen LogP contribution is -2.06. The molecule has 6 heteroatoms. The Kier molecular flexibility index (Phi) is 5.01. The first-order chi connectivity index (χ1) is 9.71. The van der Waals surface area contributed by atoms with Crippen LogP contribution in [0.25, 0.3) is 0 Å². The quantitative estimate of drug-likeness (QED) is 0.767. The van der Waals surface area contributed by atoms with Crippen LogP contribution in [0.5, 0.6) is 17.4 Å². The highest BCUT2D eigenvalue weighted by Gasteiger charge is 2.04. The predicted molar refractivity (Wildman–Crippen MR) is 75.8 cm³/mol. The van der Waals surface area contributed by atoms with Crippen LogP contribution >= 0.6 is 11.6 Å². The van der Waals surface area contributed by atoms with E-state index in [0.29, 0.717) is 29.9 Å². The van der Waals surface area contributed by atoms with Crippen LogP contribution in [0.2, 0.25) is 5.15 Å². The fraction of sp³-hybridized carbons (Fsp3) is 0.286. The first-order valence-corrected chi connectivity index (χ1v) is 6.43. The number of aromatic nitrogens is 2. The van der Waals surface area contributed by atoms with E-state index in [-0.39, 0.29) is 0 Å². The van der Waals surface area contributed by atoms with Crippen LogP contribution < -0.4 is 14.2 Å². The molecule has 0 bridgehead atoms. The summed E-state index contributed by atoms with van der Waals surface area (Å²) in [5.74, 6) is 2.51. The van der Waals surface area contributed by atoms with Crippen molar-refractivity contribution >= 4 is 11.6 Å². The zero-order valence-electron chi connectivity index (χ0n) is 11.3. The van der Waals surface area contributed by atoms with E-state index in [1.54, 1.807) is 13.2 Å². The van der Waals surface area contributed by atoms with E-state index in [2.05, 4.69) is 9.97 Å². The third kappa shape index (κ3) is 3.99. The third-order valence-electron chi connectivity index (χ3n) is 2.56. The number of ether oxygens (including phenoxy) is 3. The van der Waals surface area contributed by atoms with Crippen molar-refractivity contribution in [3.8, 4) is 17.4 Å². The first-order valence-electron chi connectivity index (χ1n) is 6.05. The maximum Gasteiger partial charge on any atom is 0.217 e. The molecule has 0 aliphatic heterocycles. The molecule has 0 fully saturated rings. The number of halogens is 1. The second kappa shape index (κ2) is 6.96. The molecule has 0 spiro atoms. The summed E-state index contributed by atoms with van der Waals surface area (Å²) in [6, 6.07) is 8.97. The molecule has 0 radical (unpaired) electrons. The Morgan fingerprint density at radius 3 is 2.60 bits per heavy atom. The SMILES string of the molecule is COc1cccc(OCCc2nc(Cl)cc(OC)n2)c1. The van der Waals surface area contributed by atoms with Gasteiger partial charge in [-0.2, -0.15) is 4.98 Å². The van der Waals surface area contributed by atoms with Crippen molar-refractivity contribution < 1.29 is 14.2 Å². The largest absolute Gasteiger partial charge is 0.497 e. The van der Waals surface area contributed by atoms with Crippen LogP contribution in [0, 0.1) is 0 Å². The van der Waals surface area contributed by atoms with Crippen LogP contribution in [-0.4, -0.2) is 30.8 Å². The van der Waals surface area contributed by atoms with Gasteiger partial charge >= 0.3 is 0 Å². The predicted octanol–water partition coefficient (Wildman–Crippen LogP) is 2.77. The van der Waals surface area contributed by atoms with E-state index >= 15 is 0 Å². The molecular weight excluding hydrogens is 280 g/mol. The van der Waals surface area contributed by atoms with Crippen molar-refractivity contribution in [2.75, 3.05) is 20.8 Å². The Balaban J connectivity index is 1.93. The van der Waals surface area contributed by atoms with Crippen LogP contribution in [0.1, 0.15) is 5.82 Å². The summed E-state index contributed by atoms with van der Waals surface area (Å²) in [5.41, 5.74) is 0. The van der Waals surface area contributed by atoms with Gasteiger partial charge in [0.05, 0.1) is 20.8 Å². The number of methoxy groups -OCH3 is 2. The Bertz CT molecular complexity index is 578. The summed E-state index contributed by atoms with van der Waals surface area (Å²) in [6.45, 7) is 0.441. The van der Waals surface area contributed by atoms with Crippen molar-refractivity contribution in [1.82, 2.24) is 9.97 Å². The highest BCUT2D eigenvalue weighted by molar-refractivity contribution is 6.29. The zero-order chi connectivity index (χ0) is 14.4. The molecule has 0 amide bonds. The van der Waals surface area contributed by atoms with E-state index in [9.17, 15) is 0 Å². The average Bonchev–Trinajstić information content (AvgIpc) is 2.47. The van der Waals surface area contributed by atoms with Gasteiger partial charge in [-0.3, -0.25) is 0 Å². The van der Waals surface area contributed by atoms with Gasteiger partial charge < -0.3 is 14.2 Å². The van der Waals surface area contributed by atoms with Crippen molar-refractivity contribution in [3.05, 3.63) is 41.3 Å². The van der Waals surface area contributed by atoms with E-state index in [1.165, 1.54) is 7.11 Å². The second-order valence-electron chi connectivity index (χ2n) is 3.93. The van der Waals surface area contributed by atoms with Gasteiger partial charge in [0.25, 0.3) is 0 Å². The van der Waals surface area contributed by atoms with Crippen LogP contribution in [0.4, 0.5) is 0 Å². The minimum atomic E-state index is 0.355. The molecule has 20 heavy (non-hydrogen) atoms. The van der Waals surface area contributed by atoms with E-state index in [4.69, 9.17) is 25.8 Å². The summed E-state index contributed by atoms with van der Waals surface area (Å²) in [4.78, 5) is 8.31. The van der Waals surface area contributed by atoms with Crippen molar-refractivity contribution in [2.24, 2.45) is 0 Å². The molecule has 2 aromatic rings. The van der Waals surface area contributed by atoms with Gasteiger partial charge in [-0.15, -0.1) is 0 Å². The molecule has 1 aromatic carbocycles. The lowest BCUT2D eigenvalue weighted by molar-refractivity contribution is 0.314. The average molecular weight is 295 g/mol.